The number of nitrogens with one attached hydrogen (secondary N) is 1. The number of rotatable bonds is 5. The normalized spacial score (nSPS) is 10.9. The zero-order valence-corrected chi connectivity index (χ0v) is 17.5. The molecule has 2 heterocycles. The maximum absolute atomic E-state index is 13.4. The second-order valence-corrected chi connectivity index (χ2v) is 7.87. The minimum absolute atomic E-state index is 0.279. The fraction of sp³-hybridized carbons (Fsp3) is 0.143. The summed E-state index contributed by atoms with van der Waals surface area (Å²) in [4.78, 5) is 10.8. The topological polar surface area (TPSA) is 56.3 Å². The molecule has 0 saturated heterocycles. The second-order valence-electron chi connectivity index (χ2n) is 6.25. The number of aryl methyl sites for hydroxylation is 1. The number of benzene rings is 2. The van der Waals surface area contributed by atoms with Crippen LogP contribution in [0.1, 0.15) is 4.88 Å². The number of hydrogen-bond acceptors (Lipinski definition) is 6. The van der Waals surface area contributed by atoms with E-state index < -0.39 is 0 Å². The third-order valence-corrected chi connectivity index (χ3v) is 5.83. The first-order valence-corrected chi connectivity index (χ1v) is 9.90. The number of hydrogen-bond donors (Lipinski definition) is 1. The van der Waals surface area contributed by atoms with Gasteiger partial charge in [0.15, 0.2) is 0 Å². The highest BCUT2D eigenvalue weighted by atomic mass is 35.5. The lowest BCUT2D eigenvalue weighted by Gasteiger charge is -2.14. The molecule has 0 aliphatic carbocycles. The molecule has 8 heteroatoms. The van der Waals surface area contributed by atoms with Crippen LogP contribution in [0.25, 0.3) is 21.3 Å². The Morgan fingerprint density at radius 2 is 1.76 bits per heavy atom. The smallest absolute Gasteiger partial charge is 0.144 e. The van der Waals surface area contributed by atoms with Gasteiger partial charge in [-0.3, -0.25) is 0 Å². The van der Waals surface area contributed by atoms with Gasteiger partial charge in [0.05, 0.1) is 30.3 Å². The van der Waals surface area contributed by atoms with Gasteiger partial charge in [0.1, 0.15) is 34.3 Å². The molecule has 0 radical (unpaired) electrons. The Morgan fingerprint density at radius 3 is 2.45 bits per heavy atom. The summed E-state index contributed by atoms with van der Waals surface area (Å²) in [5.41, 5.74) is 2.52. The van der Waals surface area contributed by atoms with E-state index in [1.54, 1.807) is 49.8 Å². The summed E-state index contributed by atoms with van der Waals surface area (Å²) in [7, 11) is 3.12. The molecular formula is C21H17ClFN3O2S. The lowest BCUT2D eigenvalue weighted by molar-refractivity contribution is 0.405. The summed E-state index contributed by atoms with van der Waals surface area (Å²) in [6, 6.07) is 9.84. The standard InChI is InChI=1S/C21H17ClFN3O2S/c1-11-18(12-4-6-13(23)7-5-12)19-20(24-10-25-21(19)29-11)26-15-9-16(27-2)14(22)8-17(15)28-3/h4-10H,1-3H3,(H,24,25,26). The van der Waals surface area contributed by atoms with E-state index in [4.69, 9.17) is 21.1 Å². The average molecular weight is 430 g/mol. The lowest BCUT2D eigenvalue weighted by atomic mass is 10.0. The van der Waals surface area contributed by atoms with Gasteiger partial charge in [0.2, 0.25) is 0 Å². The molecule has 0 aliphatic heterocycles. The first-order chi connectivity index (χ1) is 14.0. The van der Waals surface area contributed by atoms with Gasteiger partial charge in [0.25, 0.3) is 0 Å². The molecule has 5 nitrogen and oxygen atoms in total. The molecule has 2 aromatic carbocycles. The molecule has 2 aromatic heterocycles. The zero-order valence-electron chi connectivity index (χ0n) is 15.9. The molecular weight excluding hydrogens is 413 g/mol. The van der Waals surface area contributed by atoms with Gasteiger partial charge in [-0.1, -0.05) is 23.7 Å². The molecule has 0 bridgehead atoms. The fourth-order valence-electron chi connectivity index (χ4n) is 3.19. The number of ether oxygens (including phenoxy) is 2. The van der Waals surface area contributed by atoms with E-state index in [1.807, 2.05) is 6.92 Å². The van der Waals surface area contributed by atoms with Crippen molar-refractivity contribution in [1.29, 1.82) is 0 Å². The second kappa shape index (κ2) is 7.85. The van der Waals surface area contributed by atoms with Crippen molar-refractivity contribution in [2.45, 2.75) is 6.92 Å². The average Bonchev–Trinajstić information content (AvgIpc) is 3.06. The van der Waals surface area contributed by atoms with E-state index in [-0.39, 0.29) is 5.82 Å². The molecule has 0 spiro atoms. The van der Waals surface area contributed by atoms with E-state index in [0.717, 1.165) is 26.2 Å². The highest BCUT2D eigenvalue weighted by Crippen LogP contribution is 2.43. The van der Waals surface area contributed by atoms with Crippen molar-refractivity contribution < 1.29 is 13.9 Å². The monoisotopic (exact) mass is 429 g/mol. The van der Waals surface area contributed by atoms with Crippen LogP contribution >= 0.6 is 22.9 Å². The predicted octanol–water partition coefficient (Wildman–Crippen LogP) is 6.22. The molecule has 0 unspecified atom stereocenters. The Balaban J connectivity index is 1.89. The first kappa shape index (κ1) is 19.4. The van der Waals surface area contributed by atoms with Crippen LogP contribution in [0.15, 0.2) is 42.7 Å². The first-order valence-electron chi connectivity index (χ1n) is 8.70. The molecule has 148 valence electrons. The number of fused-ring (bicyclic) bond motifs is 1. The molecule has 4 aromatic rings. The summed E-state index contributed by atoms with van der Waals surface area (Å²) in [6.07, 6.45) is 1.51. The van der Waals surface area contributed by atoms with Crippen LogP contribution in [0.4, 0.5) is 15.9 Å². The summed E-state index contributed by atoms with van der Waals surface area (Å²) < 4.78 is 24.2. The zero-order chi connectivity index (χ0) is 20.5. The van der Waals surface area contributed by atoms with Crippen molar-refractivity contribution >= 4 is 44.7 Å². The Morgan fingerprint density at radius 1 is 1.03 bits per heavy atom. The molecule has 1 N–H and O–H groups in total. The summed E-state index contributed by atoms with van der Waals surface area (Å²) in [5.74, 6) is 1.40. The molecule has 29 heavy (non-hydrogen) atoms. The van der Waals surface area contributed by atoms with Gasteiger partial charge in [-0.2, -0.15) is 0 Å². The van der Waals surface area contributed by atoms with Crippen LogP contribution in [0.3, 0.4) is 0 Å². The molecule has 0 atom stereocenters. The van der Waals surface area contributed by atoms with Gasteiger partial charge in [-0.05, 0) is 24.6 Å². The van der Waals surface area contributed by atoms with Gasteiger partial charge in [0, 0.05) is 22.6 Å². The van der Waals surface area contributed by atoms with Gasteiger partial charge in [-0.25, -0.2) is 14.4 Å². The third-order valence-electron chi connectivity index (χ3n) is 4.52. The van der Waals surface area contributed by atoms with Crippen LogP contribution < -0.4 is 14.8 Å². The Bertz CT molecular complexity index is 1190. The summed E-state index contributed by atoms with van der Waals surface area (Å²) >= 11 is 7.77. The van der Waals surface area contributed by atoms with Gasteiger partial charge < -0.3 is 14.8 Å². The maximum atomic E-state index is 13.4. The van der Waals surface area contributed by atoms with Crippen molar-refractivity contribution in [2.24, 2.45) is 0 Å². The van der Waals surface area contributed by atoms with E-state index in [0.29, 0.717) is 28.0 Å². The highest BCUT2D eigenvalue weighted by Gasteiger charge is 2.18. The summed E-state index contributed by atoms with van der Waals surface area (Å²) in [5, 5.41) is 4.63. The third kappa shape index (κ3) is 3.59. The lowest BCUT2D eigenvalue weighted by Crippen LogP contribution is -1.99. The van der Waals surface area contributed by atoms with Crippen LogP contribution in [-0.4, -0.2) is 24.2 Å². The van der Waals surface area contributed by atoms with Crippen LogP contribution in [0.5, 0.6) is 11.5 Å². The number of methoxy groups -OCH3 is 2. The number of anilines is 2. The van der Waals surface area contributed by atoms with Crippen LogP contribution in [0.2, 0.25) is 5.02 Å². The summed E-state index contributed by atoms with van der Waals surface area (Å²) in [6.45, 7) is 2.01. The molecule has 4 rings (SSSR count). The number of nitrogens with zero attached hydrogens (tertiary/aromatic N) is 2. The number of aromatic nitrogens is 2. The van der Waals surface area contributed by atoms with Crippen LogP contribution in [-0.2, 0) is 0 Å². The van der Waals surface area contributed by atoms with Crippen LogP contribution in [0, 0.1) is 12.7 Å². The molecule has 0 saturated carbocycles. The van der Waals surface area contributed by atoms with E-state index in [9.17, 15) is 4.39 Å². The SMILES string of the molecule is COc1cc(Nc2ncnc3sc(C)c(-c4ccc(F)cc4)c23)c(OC)cc1Cl. The number of halogens is 2. The van der Waals surface area contributed by atoms with Gasteiger partial charge >= 0.3 is 0 Å². The Hall–Kier alpha value is -2.90. The Kier molecular flexibility index (Phi) is 5.25. The van der Waals surface area contributed by atoms with Crippen molar-refractivity contribution in [3.05, 3.63) is 58.4 Å². The molecule has 0 aliphatic rings. The largest absolute Gasteiger partial charge is 0.495 e. The van der Waals surface area contributed by atoms with Crippen molar-refractivity contribution in [2.75, 3.05) is 19.5 Å². The van der Waals surface area contributed by atoms with Crippen molar-refractivity contribution in [3.8, 4) is 22.6 Å². The Labute approximate surface area is 176 Å². The van der Waals surface area contributed by atoms with E-state index in [1.165, 1.54) is 18.5 Å². The van der Waals surface area contributed by atoms with Gasteiger partial charge in [-0.15, -0.1) is 11.3 Å². The minimum Gasteiger partial charge on any atom is -0.495 e. The highest BCUT2D eigenvalue weighted by molar-refractivity contribution is 7.19. The van der Waals surface area contributed by atoms with Crippen molar-refractivity contribution in [3.63, 3.8) is 0 Å². The quantitative estimate of drug-likeness (QED) is 0.408. The predicted molar refractivity (Wildman–Crippen MR) is 115 cm³/mol. The van der Waals surface area contributed by atoms with Crippen molar-refractivity contribution in [1.82, 2.24) is 9.97 Å². The molecule has 0 fully saturated rings. The molecule has 0 amide bonds. The minimum atomic E-state index is -0.279. The number of thiophene rings is 1. The fourth-order valence-corrected chi connectivity index (χ4v) is 4.43. The van der Waals surface area contributed by atoms with E-state index >= 15 is 0 Å². The maximum Gasteiger partial charge on any atom is 0.144 e. The van der Waals surface area contributed by atoms with E-state index in [2.05, 4.69) is 15.3 Å².